The van der Waals surface area contributed by atoms with E-state index in [9.17, 15) is 9.90 Å². The number of carbonyl (C=O) groups excluding carboxylic acids is 1. The third kappa shape index (κ3) is 4.71. The van der Waals surface area contributed by atoms with Crippen LogP contribution in [0.3, 0.4) is 0 Å². The van der Waals surface area contributed by atoms with E-state index in [2.05, 4.69) is 52.6 Å². The zero-order valence-electron chi connectivity index (χ0n) is 18.8. The molecule has 1 saturated heterocycles. The highest BCUT2D eigenvalue weighted by atomic mass is 35.5. The number of aromatic amines is 1. The van der Waals surface area contributed by atoms with Crippen molar-refractivity contribution in [3.05, 3.63) is 35.7 Å². The van der Waals surface area contributed by atoms with E-state index in [0.29, 0.717) is 23.1 Å². The maximum Gasteiger partial charge on any atom is 0.317 e. The van der Waals surface area contributed by atoms with Crippen molar-refractivity contribution in [1.29, 1.82) is 0 Å². The van der Waals surface area contributed by atoms with Crippen molar-refractivity contribution in [3.63, 3.8) is 0 Å². The summed E-state index contributed by atoms with van der Waals surface area (Å²) in [7, 11) is 0. The minimum atomic E-state index is -0.715. The van der Waals surface area contributed by atoms with Crippen molar-refractivity contribution in [2.45, 2.75) is 13.5 Å². The van der Waals surface area contributed by atoms with Gasteiger partial charge in [-0.1, -0.05) is 30.3 Å². The Hall–Kier alpha value is -3.88. The number of likely N-dealkylation sites (N-methyl/N-ethyl adjacent to an activating group) is 1. The van der Waals surface area contributed by atoms with E-state index in [1.54, 1.807) is 18.2 Å². The maximum absolute atomic E-state index is 13.0. The second kappa shape index (κ2) is 10.2. The molecule has 35 heavy (non-hydrogen) atoms. The molecule has 0 unspecified atom stereocenters. The van der Waals surface area contributed by atoms with Crippen LogP contribution in [0.15, 0.2) is 39.1 Å². The summed E-state index contributed by atoms with van der Waals surface area (Å²) in [6.07, 6.45) is 0. The molecule has 184 valence electrons. The van der Waals surface area contributed by atoms with Crippen LogP contribution in [0.2, 0.25) is 0 Å². The van der Waals surface area contributed by atoms with Crippen LogP contribution in [0, 0.1) is 0 Å². The van der Waals surface area contributed by atoms with Crippen molar-refractivity contribution in [1.82, 2.24) is 40.1 Å². The molecule has 1 aliphatic rings. The Morgan fingerprint density at radius 1 is 1.20 bits per heavy atom. The predicted octanol–water partition coefficient (Wildman–Crippen LogP) is 1.90. The Morgan fingerprint density at radius 3 is 2.66 bits per heavy atom. The molecule has 4 heterocycles. The van der Waals surface area contributed by atoms with Crippen molar-refractivity contribution in [2.75, 3.05) is 38.5 Å². The Bertz CT molecular complexity index is 1350. The third-order valence-electron chi connectivity index (χ3n) is 5.85. The van der Waals surface area contributed by atoms with E-state index in [-0.39, 0.29) is 41.3 Å². The molecular formula is C20H24ClN11O3. The van der Waals surface area contributed by atoms with Crippen LogP contribution in [0.25, 0.3) is 16.7 Å². The number of benzene rings is 1. The fourth-order valence-electron chi connectivity index (χ4n) is 3.95. The second-order valence-electron chi connectivity index (χ2n) is 7.85. The van der Waals surface area contributed by atoms with Gasteiger partial charge in [0.2, 0.25) is 17.5 Å². The van der Waals surface area contributed by atoms with Gasteiger partial charge in [0, 0.05) is 38.1 Å². The number of nitrogens with two attached hydrogens (primary N) is 1. The number of hydrogen-bond donors (Lipinski definition) is 3. The number of amides is 1. The number of fused-ring (bicyclic) bond motifs is 1. The first-order valence-electron chi connectivity index (χ1n) is 10.8. The van der Waals surface area contributed by atoms with Crippen LogP contribution in [0.4, 0.5) is 11.5 Å². The summed E-state index contributed by atoms with van der Waals surface area (Å²) in [5, 5.41) is 34.1. The van der Waals surface area contributed by atoms with E-state index < -0.39 is 5.91 Å². The average Bonchev–Trinajstić information content (AvgIpc) is 3.54. The Morgan fingerprint density at radius 2 is 1.94 bits per heavy atom. The van der Waals surface area contributed by atoms with Crippen LogP contribution in [0.1, 0.15) is 23.1 Å². The fourth-order valence-corrected chi connectivity index (χ4v) is 3.95. The van der Waals surface area contributed by atoms with E-state index in [0.717, 1.165) is 32.7 Å². The van der Waals surface area contributed by atoms with E-state index in [4.69, 9.17) is 10.4 Å². The number of nitrogen functional groups attached to an aromatic ring is 1. The third-order valence-corrected chi connectivity index (χ3v) is 5.85. The number of piperazine rings is 1. The quantitative estimate of drug-likeness (QED) is 0.330. The number of rotatable bonds is 6. The molecular weight excluding hydrogens is 478 g/mol. The molecule has 0 aliphatic carbocycles. The molecule has 1 aliphatic heterocycles. The molecule has 0 radical (unpaired) electrons. The largest absolute Gasteiger partial charge is 0.493 e. The lowest BCUT2D eigenvalue weighted by Gasteiger charge is -2.33. The minimum Gasteiger partial charge on any atom is -0.493 e. The SMILES string of the molecule is CCN1CCN(Cc2c(C(=O)N=Nc3c(O)[nH]c4ccccc34)nnn2-c2nonc2N)CC1.Cl. The highest BCUT2D eigenvalue weighted by molar-refractivity contribution is 5.96. The van der Waals surface area contributed by atoms with Gasteiger partial charge in [-0.05, 0) is 22.9 Å². The molecule has 1 amide bonds. The summed E-state index contributed by atoms with van der Waals surface area (Å²) < 4.78 is 6.04. The highest BCUT2D eigenvalue weighted by Crippen LogP contribution is 2.35. The number of nitrogens with one attached hydrogen (secondary N) is 1. The summed E-state index contributed by atoms with van der Waals surface area (Å²) in [4.78, 5) is 20.4. The van der Waals surface area contributed by atoms with Crippen LogP contribution in [-0.4, -0.2) is 83.8 Å². The van der Waals surface area contributed by atoms with Gasteiger partial charge in [-0.3, -0.25) is 9.69 Å². The molecule has 1 aromatic carbocycles. The normalized spacial score (nSPS) is 15.1. The summed E-state index contributed by atoms with van der Waals surface area (Å²) >= 11 is 0. The number of azo groups is 1. The zero-order valence-corrected chi connectivity index (χ0v) is 19.6. The summed E-state index contributed by atoms with van der Waals surface area (Å²) in [5.74, 6) is -0.740. The van der Waals surface area contributed by atoms with E-state index in [1.807, 2.05) is 6.07 Å². The second-order valence-corrected chi connectivity index (χ2v) is 7.85. The molecule has 4 aromatic rings. The number of aromatic hydroxyl groups is 1. The number of carbonyl (C=O) groups is 1. The summed E-state index contributed by atoms with van der Waals surface area (Å²) in [5.41, 5.74) is 7.14. The van der Waals surface area contributed by atoms with Crippen LogP contribution in [0.5, 0.6) is 5.88 Å². The summed E-state index contributed by atoms with van der Waals surface area (Å²) in [6, 6.07) is 7.17. The maximum atomic E-state index is 13.0. The van der Waals surface area contributed by atoms with Crippen LogP contribution < -0.4 is 5.73 Å². The number of nitrogens with zero attached hydrogens (tertiary/aromatic N) is 9. The Kier molecular flexibility index (Phi) is 7.04. The Balaban J connectivity index is 0.00000289. The molecule has 4 N–H and O–H groups in total. The van der Waals surface area contributed by atoms with Gasteiger partial charge in [-0.25, -0.2) is 4.63 Å². The van der Waals surface area contributed by atoms with Gasteiger partial charge in [0.05, 0.1) is 11.2 Å². The standard InChI is InChI=1S/C20H23N11O3.ClH/c1-2-29-7-9-30(10-8-29)11-14-16(24-28-31(14)18-17(21)26-34-27-18)20(33)25-23-15-12-5-3-4-6-13(12)22-19(15)32;/h3-6,22,32H,2,7-11H2,1H3,(H2,21,26);1H. The molecule has 3 aromatic heterocycles. The molecule has 0 saturated carbocycles. The Labute approximate surface area is 205 Å². The number of anilines is 1. The first kappa shape index (κ1) is 24.3. The zero-order chi connectivity index (χ0) is 23.7. The molecule has 14 nitrogen and oxygen atoms in total. The number of aromatic nitrogens is 6. The molecule has 0 spiro atoms. The molecule has 0 atom stereocenters. The lowest BCUT2D eigenvalue weighted by Crippen LogP contribution is -2.46. The van der Waals surface area contributed by atoms with Gasteiger partial charge >= 0.3 is 5.91 Å². The number of H-pyrrole nitrogens is 1. The van der Waals surface area contributed by atoms with Gasteiger partial charge in [0.15, 0.2) is 11.4 Å². The predicted molar refractivity (Wildman–Crippen MR) is 127 cm³/mol. The molecule has 1 fully saturated rings. The highest BCUT2D eigenvalue weighted by Gasteiger charge is 2.27. The first-order valence-corrected chi connectivity index (χ1v) is 10.8. The first-order chi connectivity index (χ1) is 16.5. The van der Waals surface area contributed by atoms with Crippen molar-refractivity contribution in [2.24, 2.45) is 10.2 Å². The lowest BCUT2D eigenvalue weighted by molar-refractivity contribution is 0.0985. The van der Waals surface area contributed by atoms with Crippen LogP contribution in [-0.2, 0) is 6.54 Å². The smallest absolute Gasteiger partial charge is 0.317 e. The number of halogens is 1. The number of hydrogen-bond acceptors (Lipinski definition) is 11. The minimum absolute atomic E-state index is 0. The van der Waals surface area contributed by atoms with Gasteiger partial charge in [-0.15, -0.1) is 27.7 Å². The van der Waals surface area contributed by atoms with Crippen molar-refractivity contribution < 1.29 is 14.5 Å². The van der Waals surface area contributed by atoms with Gasteiger partial charge in [0.25, 0.3) is 0 Å². The van der Waals surface area contributed by atoms with E-state index in [1.165, 1.54) is 4.68 Å². The number of para-hydroxylation sites is 1. The average molecular weight is 502 g/mol. The van der Waals surface area contributed by atoms with Crippen LogP contribution >= 0.6 is 12.4 Å². The molecule has 15 heteroatoms. The monoisotopic (exact) mass is 501 g/mol. The summed E-state index contributed by atoms with van der Waals surface area (Å²) in [6.45, 7) is 6.92. The molecule has 0 bridgehead atoms. The van der Waals surface area contributed by atoms with Crippen molar-refractivity contribution in [3.8, 4) is 11.7 Å². The lowest BCUT2D eigenvalue weighted by atomic mass is 10.2. The van der Waals surface area contributed by atoms with Gasteiger partial charge < -0.3 is 20.7 Å². The van der Waals surface area contributed by atoms with Crippen molar-refractivity contribution >= 4 is 40.7 Å². The van der Waals surface area contributed by atoms with E-state index >= 15 is 0 Å². The molecule has 5 rings (SSSR count). The topological polar surface area (TPSA) is 180 Å². The van der Waals surface area contributed by atoms with Gasteiger partial charge in [0.1, 0.15) is 0 Å². The fraction of sp³-hybridized carbons (Fsp3) is 0.350. The van der Waals surface area contributed by atoms with Gasteiger partial charge in [-0.2, -0.15) is 4.68 Å².